The molecule has 1 atom stereocenters. The molecule has 0 saturated heterocycles. The van der Waals surface area contributed by atoms with Crippen LogP contribution in [0.4, 0.5) is 0 Å². The SMILES string of the molecule is CC(NCCN(C)C(C)C)c1ccc(I)cc1. The third kappa shape index (κ3) is 5.36. The first-order chi connectivity index (χ1) is 8.00. The van der Waals surface area contributed by atoms with Gasteiger partial charge in [-0.15, -0.1) is 0 Å². The maximum absolute atomic E-state index is 3.56. The molecule has 0 spiro atoms. The van der Waals surface area contributed by atoms with Gasteiger partial charge in [-0.25, -0.2) is 0 Å². The molecule has 1 rings (SSSR count). The minimum absolute atomic E-state index is 0.424. The third-order valence-electron chi connectivity index (χ3n) is 3.17. The molecule has 3 heteroatoms. The van der Waals surface area contributed by atoms with Crippen LogP contribution in [0.3, 0.4) is 0 Å². The molecule has 0 saturated carbocycles. The summed E-state index contributed by atoms with van der Waals surface area (Å²) in [5, 5.41) is 3.56. The molecule has 0 aromatic heterocycles. The molecule has 96 valence electrons. The lowest BCUT2D eigenvalue weighted by molar-refractivity contribution is 0.270. The van der Waals surface area contributed by atoms with Gasteiger partial charge in [0.25, 0.3) is 0 Å². The first kappa shape index (κ1) is 14.9. The predicted molar refractivity (Wildman–Crippen MR) is 83.3 cm³/mol. The van der Waals surface area contributed by atoms with Crippen molar-refractivity contribution in [3.05, 3.63) is 33.4 Å². The average Bonchev–Trinajstić information content (AvgIpc) is 2.29. The van der Waals surface area contributed by atoms with E-state index in [0.717, 1.165) is 13.1 Å². The predicted octanol–water partition coefficient (Wildman–Crippen LogP) is 3.28. The number of likely N-dealkylation sites (N-methyl/N-ethyl adjacent to an activating group) is 1. The Labute approximate surface area is 119 Å². The number of nitrogens with one attached hydrogen (secondary N) is 1. The van der Waals surface area contributed by atoms with Gasteiger partial charge in [-0.2, -0.15) is 0 Å². The van der Waals surface area contributed by atoms with Crippen molar-refractivity contribution >= 4 is 22.6 Å². The molecular weight excluding hydrogens is 323 g/mol. The molecular formula is C14H23IN2. The van der Waals surface area contributed by atoms with E-state index in [1.807, 2.05) is 0 Å². The Balaban J connectivity index is 2.34. The molecule has 0 aliphatic carbocycles. The number of hydrogen-bond acceptors (Lipinski definition) is 2. The molecule has 0 radical (unpaired) electrons. The van der Waals surface area contributed by atoms with Gasteiger partial charge < -0.3 is 10.2 Å². The van der Waals surface area contributed by atoms with Crippen LogP contribution >= 0.6 is 22.6 Å². The summed E-state index contributed by atoms with van der Waals surface area (Å²) in [5.41, 5.74) is 1.36. The van der Waals surface area contributed by atoms with Crippen LogP contribution in [0.1, 0.15) is 32.4 Å². The highest BCUT2D eigenvalue weighted by molar-refractivity contribution is 14.1. The Kier molecular flexibility index (Phi) is 6.44. The zero-order valence-electron chi connectivity index (χ0n) is 11.2. The van der Waals surface area contributed by atoms with E-state index in [2.05, 4.69) is 84.9 Å². The van der Waals surface area contributed by atoms with Crippen LogP contribution < -0.4 is 5.32 Å². The van der Waals surface area contributed by atoms with Gasteiger partial charge in [0.05, 0.1) is 0 Å². The van der Waals surface area contributed by atoms with Crippen LogP contribution in [-0.2, 0) is 0 Å². The summed E-state index contributed by atoms with van der Waals surface area (Å²) in [6, 6.07) is 9.76. The molecule has 0 aliphatic rings. The highest BCUT2D eigenvalue weighted by Crippen LogP contribution is 2.14. The summed E-state index contributed by atoms with van der Waals surface area (Å²) in [6.45, 7) is 8.79. The largest absolute Gasteiger partial charge is 0.309 e. The van der Waals surface area contributed by atoms with Gasteiger partial charge >= 0.3 is 0 Å². The molecule has 1 aromatic rings. The Morgan fingerprint density at radius 1 is 1.18 bits per heavy atom. The number of benzene rings is 1. The smallest absolute Gasteiger partial charge is 0.0292 e. The zero-order valence-corrected chi connectivity index (χ0v) is 13.4. The van der Waals surface area contributed by atoms with Crippen LogP contribution in [0.25, 0.3) is 0 Å². The molecule has 0 aliphatic heterocycles. The molecule has 0 fully saturated rings. The van der Waals surface area contributed by atoms with Gasteiger partial charge in [0, 0.05) is 28.7 Å². The van der Waals surface area contributed by atoms with Gasteiger partial charge in [-0.1, -0.05) is 12.1 Å². The average molecular weight is 346 g/mol. The lowest BCUT2D eigenvalue weighted by atomic mass is 10.1. The summed E-state index contributed by atoms with van der Waals surface area (Å²) in [7, 11) is 2.17. The Bertz CT molecular complexity index is 321. The fraction of sp³-hybridized carbons (Fsp3) is 0.571. The van der Waals surface area contributed by atoms with E-state index in [0.29, 0.717) is 12.1 Å². The van der Waals surface area contributed by atoms with E-state index in [-0.39, 0.29) is 0 Å². The van der Waals surface area contributed by atoms with Gasteiger partial charge in [0.1, 0.15) is 0 Å². The second kappa shape index (κ2) is 7.34. The summed E-state index contributed by atoms with van der Waals surface area (Å²) in [4.78, 5) is 2.35. The van der Waals surface area contributed by atoms with Gasteiger partial charge in [0.2, 0.25) is 0 Å². The highest BCUT2D eigenvalue weighted by Gasteiger charge is 2.06. The van der Waals surface area contributed by atoms with Gasteiger partial charge in [0.15, 0.2) is 0 Å². The van der Waals surface area contributed by atoms with E-state index in [1.165, 1.54) is 9.13 Å². The molecule has 1 N–H and O–H groups in total. The number of hydrogen-bond donors (Lipinski definition) is 1. The Morgan fingerprint density at radius 2 is 1.76 bits per heavy atom. The first-order valence-corrected chi connectivity index (χ1v) is 7.27. The molecule has 0 amide bonds. The minimum Gasteiger partial charge on any atom is -0.309 e. The zero-order chi connectivity index (χ0) is 12.8. The fourth-order valence-electron chi connectivity index (χ4n) is 1.58. The van der Waals surface area contributed by atoms with E-state index in [4.69, 9.17) is 0 Å². The Hall–Kier alpha value is -0.130. The van der Waals surface area contributed by atoms with Crippen LogP contribution in [0.2, 0.25) is 0 Å². The highest BCUT2D eigenvalue weighted by atomic mass is 127. The maximum Gasteiger partial charge on any atom is 0.0292 e. The van der Waals surface area contributed by atoms with Crippen molar-refractivity contribution in [1.82, 2.24) is 10.2 Å². The van der Waals surface area contributed by atoms with Crippen molar-refractivity contribution in [1.29, 1.82) is 0 Å². The third-order valence-corrected chi connectivity index (χ3v) is 3.89. The molecule has 1 aromatic carbocycles. The number of nitrogens with zero attached hydrogens (tertiary/aromatic N) is 1. The normalized spacial score (nSPS) is 13.4. The quantitative estimate of drug-likeness (QED) is 0.796. The van der Waals surface area contributed by atoms with Crippen LogP contribution in [0, 0.1) is 3.57 Å². The summed E-state index contributed by atoms with van der Waals surface area (Å²) < 4.78 is 1.29. The minimum atomic E-state index is 0.424. The van der Waals surface area contributed by atoms with E-state index in [9.17, 15) is 0 Å². The molecule has 0 heterocycles. The van der Waals surface area contributed by atoms with Crippen LogP contribution in [0.5, 0.6) is 0 Å². The molecule has 1 unspecified atom stereocenters. The second-order valence-corrected chi connectivity index (χ2v) is 6.05. The van der Waals surface area contributed by atoms with Gasteiger partial charge in [-0.3, -0.25) is 0 Å². The van der Waals surface area contributed by atoms with Crippen molar-refractivity contribution in [3.63, 3.8) is 0 Å². The second-order valence-electron chi connectivity index (χ2n) is 4.80. The molecule has 17 heavy (non-hydrogen) atoms. The molecule has 2 nitrogen and oxygen atoms in total. The number of rotatable bonds is 6. The van der Waals surface area contributed by atoms with E-state index >= 15 is 0 Å². The first-order valence-electron chi connectivity index (χ1n) is 6.19. The summed E-state index contributed by atoms with van der Waals surface area (Å²) >= 11 is 2.34. The Morgan fingerprint density at radius 3 is 2.29 bits per heavy atom. The lowest BCUT2D eigenvalue weighted by Gasteiger charge is -2.22. The molecule has 0 bridgehead atoms. The summed E-state index contributed by atoms with van der Waals surface area (Å²) in [5.74, 6) is 0. The fourth-order valence-corrected chi connectivity index (χ4v) is 1.94. The maximum atomic E-state index is 3.56. The van der Waals surface area contributed by atoms with Crippen molar-refractivity contribution in [2.45, 2.75) is 32.9 Å². The number of halogens is 1. The van der Waals surface area contributed by atoms with Gasteiger partial charge in [-0.05, 0) is 68.1 Å². The topological polar surface area (TPSA) is 15.3 Å². The van der Waals surface area contributed by atoms with Crippen molar-refractivity contribution < 1.29 is 0 Å². The van der Waals surface area contributed by atoms with Crippen LogP contribution in [-0.4, -0.2) is 31.1 Å². The van der Waals surface area contributed by atoms with E-state index < -0.39 is 0 Å². The van der Waals surface area contributed by atoms with Crippen molar-refractivity contribution in [3.8, 4) is 0 Å². The monoisotopic (exact) mass is 346 g/mol. The van der Waals surface area contributed by atoms with Crippen LogP contribution in [0.15, 0.2) is 24.3 Å². The summed E-state index contributed by atoms with van der Waals surface area (Å²) in [6.07, 6.45) is 0. The standard InChI is InChI=1S/C14H23IN2/c1-11(2)17(4)10-9-16-12(3)13-5-7-14(15)8-6-13/h5-8,11-12,16H,9-10H2,1-4H3. The van der Waals surface area contributed by atoms with E-state index in [1.54, 1.807) is 0 Å². The van der Waals surface area contributed by atoms with Crippen molar-refractivity contribution in [2.24, 2.45) is 0 Å². The lowest BCUT2D eigenvalue weighted by Crippen LogP contribution is -2.34. The van der Waals surface area contributed by atoms with Crippen molar-refractivity contribution in [2.75, 3.05) is 20.1 Å².